The van der Waals surface area contributed by atoms with E-state index in [4.69, 9.17) is 4.66 Å². The summed E-state index contributed by atoms with van der Waals surface area (Å²) in [4.78, 5) is 3.89. The maximum atomic E-state index is 5.28. The molecule has 0 amide bonds. The Bertz CT molecular complexity index is 987. The van der Waals surface area contributed by atoms with E-state index in [9.17, 15) is 0 Å². The summed E-state index contributed by atoms with van der Waals surface area (Å²) in [7, 11) is -3.26. The SMILES string of the molecule is CC(C)(C)c1ccc(C(/C=C(/N[Si](C)(C)C)c2ccc(C(C)(C)C)cc2)=N\[Si](C)(C)C)cc1. The molecule has 0 aromatic heterocycles. The predicted molar refractivity (Wildman–Crippen MR) is 155 cm³/mol. The molecule has 0 saturated heterocycles. The lowest BCUT2D eigenvalue weighted by atomic mass is 9.86. The topological polar surface area (TPSA) is 24.4 Å². The van der Waals surface area contributed by atoms with Crippen molar-refractivity contribution in [3.05, 3.63) is 76.9 Å². The quantitative estimate of drug-likeness (QED) is 0.327. The maximum Gasteiger partial charge on any atom is 0.173 e. The van der Waals surface area contributed by atoms with Crippen molar-refractivity contribution < 1.29 is 0 Å². The van der Waals surface area contributed by atoms with Crippen LogP contribution in [0.1, 0.15) is 63.8 Å². The Morgan fingerprint density at radius 1 is 0.667 bits per heavy atom. The molecule has 4 heteroatoms. The molecule has 0 aliphatic carbocycles. The molecule has 2 nitrogen and oxygen atoms in total. The molecule has 0 heterocycles. The minimum atomic E-state index is -1.69. The molecule has 33 heavy (non-hydrogen) atoms. The lowest BCUT2D eigenvalue weighted by molar-refractivity contribution is 0.590. The van der Waals surface area contributed by atoms with Gasteiger partial charge in [0.05, 0.1) is 5.71 Å². The van der Waals surface area contributed by atoms with Gasteiger partial charge < -0.3 is 9.64 Å². The van der Waals surface area contributed by atoms with Crippen LogP contribution >= 0.6 is 0 Å². The summed E-state index contributed by atoms with van der Waals surface area (Å²) in [5, 5.41) is 0. The summed E-state index contributed by atoms with van der Waals surface area (Å²) in [6.07, 6.45) is 2.29. The highest BCUT2D eigenvalue weighted by molar-refractivity contribution is 6.76. The van der Waals surface area contributed by atoms with E-state index in [0.717, 1.165) is 5.71 Å². The van der Waals surface area contributed by atoms with Gasteiger partial charge in [0.25, 0.3) is 0 Å². The molecule has 0 bridgehead atoms. The summed E-state index contributed by atoms with van der Waals surface area (Å²) in [6.45, 7) is 27.5. The number of nitrogens with one attached hydrogen (secondary N) is 1. The number of allylic oxidation sites excluding steroid dienone is 1. The standard InChI is InChI=1S/C29H46N2Si2/c1-28(2,3)24-17-13-22(14-18-24)26(30-32(7,8)9)21-27(31-33(10,11)12)23-15-19-25(20-16-23)29(4,5)6/h13-21,30H,1-12H3/b26-21+,31-27-. The summed E-state index contributed by atoms with van der Waals surface area (Å²) in [5.41, 5.74) is 7.65. The minimum absolute atomic E-state index is 0.143. The molecule has 0 spiro atoms. The van der Waals surface area contributed by atoms with Crippen LogP contribution in [0.4, 0.5) is 0 Å². The van der Waals surface area contributed by atoms with Gasteiger partial charge in [-0.3, -0.25) is 0 Å². The Morgan fingerprint density at radius 3 is 1.39 bits per heavy atom. The molecular formula is C29H46N2Si2. The summed E-state index contributed by atoms with van der Waals surface area (Å²) >= 11 is 0. The van der Waals surface area contributed by atoms with E-state index in [1.165, 1.54) is 28.0 Å². The van der Waals surface area contributed by atoms with Crippen molar-refractivity contribution in [1.82, 2.24) is 4.98 Å². The Balaban J connectivity index is 2.63. The van der Waals surface area contributed by atoms with Crippen LogP contribution < -0.4 is 4.98 Å². The van der Waals surface area contributed by atoms with Crippen LogP contribution in [0.5, 0.6) is 0 Å². The number of benzene rings is 2. The van der Waals surface area contributed by atoms with Crippen molar-refractivity contribution >= 4 is 27.9 Å². The van der Waals surface area contributed by atoms with Gasteiger partial charge in [0.1, 0.15) is 8.24 Å². The van der Waals surface area contributed by atoms with Crippen LogP contribution in [0.25, 0.3) is 5.70 Å². The molecule has 180 valence electrons. The van der Waals surface area contributed by atoms with E-state index in [2.05, 4.69) is 140 Å². The molecule has 2 rings (SSSR count). The van der Waals surface area contributed by atoms with Gasteiger partial charge in [0.15, 0.2) is 8.24 Å². The van der Waals surface area contributed by atoms with Crippen molar-refractivity contribution in [3.63, 3.8) is 0 Å². The van der Waals surface area contributed by atoms with Crippen LogP contribution in [-0.2, 0) is 10.8 Å². The second-order valence-electron chi connectivity index (χ2n) is 13.3. The first-order chi connectivity index (χ1) is 14.9. The first-order valence-corrected chi connectivity index (χ1v) is 19.1. The highest BCUT2D eigenvalue weighted by atomic mass is 28.3. The number of rotatable bonds is 6. The fraction of sp³-hybridized carbons (Fsp3) is 0.483. The summed E-state index contributed by atoms with van der Waals surface area (Å²) in [6, 6.07) is 18.0. The maximum absolute atomic E-state index is 5.28. The third-order valence-electron chi connectivity index (χ3n) is 5.36. The van der Waals surface area contributed by atoms with E-state index in [-0.39, 0.29) is 10.8 Å². The molecule has 1 N–H and O–H groups in total. The highest BCUT2D eigenvalue weighted by Gasteiger charge is 2.20. The molecule has 0 aliphatic heterocycles. The third-order valence-corrected chi connectivity index (χ3v) is 7.29. The second kappa shape index (κ2) is 9.75. The largest absolute Gasteiger partial charge is 0.410 e. The predicted octanol–water partition coefficient (Wildman–Crippen LogP) is 8.37. The van der Waals surface area contributed by atoms with Crippen LogP contribution in [0, 0.1) is 0 Å². The second-order valence-corrected chi connectivity index (χ2v) is 22.6. The Morgan fingerprint density at radius 2 is 1.06 bits per heavy atom. The number of nitrogens with zero attached hydrogens (tertiary/aromatic N) is 1. The van der Waals surface area contributed by atoms with Crippen molar-refractivity contribution in [1.29, 1.82) is 0 Å². The van der Waals surface area contributed by atoms with E-state index < -0.39 is 16.5 Å². The lowest BCUT2D eigenvalue weighted by Crippen LogP contribution is -2.40. The van der Waals surface area contributed by atoms with Crippen molar-refractivity contribution in [3.8, 4) is 0 Å². The van der Waals surface area contributed by atoms with Crippen molar-refractivity contribution in [2.75, 3.05) is 0 Å². The van der Waals surface area contributed by atoms with Gasteiger partial charge in [-0.15, -0.1) is 0 Å². The Hall–Kier alpha value is -1.92. The third kappa shape index (κ3) is 8.75. The molecule has 0 unspecified atom stereocenters. The first-order valence-electron chi connectivity index (χ1n) is 12.2. The van der Waals surface area contributed by atoms with Gasteiger partial charge in [0, 0.05) is 5.70 Å². The molecular weight excluding hydrogens is 433 g/mol. The molecule has 2 aromatic rings. The zero-order chi connectivity index (χ0) is 25.2. The van der Waals surface area contributed by atoms with Gasteiger partial charge in [-0.25, -0.2) is 0 Å². The van der Waals surface area contributed by atoms with Crippen LogP contribution in [0.2, 0.25) is 39.3 Å². The van der Waals surface area contributed by atoms with Gasteiger partial charge in [-0.1, -0.05) is 110 Å². The summed E-state index contributed by atoms with van der Waals surface area (Å²) < 4.78 is 5.28. The van der Waals surface area contributed by atoms with Crippen molar-refractivity contribution in [2.24, 2.45) is 4.66 Å². The monoisotopic (exact) mass is 478 g/mol. The van der Waals surface area contributed by atoms with Gasteiger partial charge in [-0.2, -0.15) is 0 Å². The van der Waals surface area contributed by atoms with E-state index in [1.54, 1.807) is 0 Å². The van der Waals surface area contributed by atoms with Crippen LogP contribution in [0.15, 0.2) is 59.3 Å². The fourth-order valence-corrected chi connectivity index (χ4v) is 5.51. The molecule has 0 fully saturated rings. The zero-order valence-corrected chi connectivity index (χ0v) is 25.1. The lowest BCUT2D eigenvalue weighted by Gasteiger charge is -2.25. The highest BCUT2D eigenvalue weighted by Crippen LogP contribution is 2.26. The van der Waals surface area contributed by atoms with E-state index in [1.807, 2.05) is 0 Å². The number of hydrogen-bond acceptors (Lipinski definition) is 2. The molecule has 0 radical (unpaired) electrons. The molecule has 0 atom stereocenters. The molecule has 2 aromatic carbocycles. The van der Waals surface area contributed by atoms with Gasteiger partial charge >= 0.3 is 0 Å². The van der Waals surface area contributed by atoms with E-state index >= 15 is 0 Å². The molecule has 0 saturated carbocycles. The zero-order valence-electron chi connectivity index (χ0n) is 23.1. The van der Waals surface area contributed by atoms with Crippen LogP contribution in [-0.4, -0.2) is 22.2 Å². The van der Waals surface area contributed by atoms with Gasteiger partial charge in [0.2, 0.25) is 0 Å². The fourth-order valence-electron chi connectivity index (χ4n) is 3.56. The van der Waals surface area contributed by atoms with Gasteiger partial charge in [-0.05, 0) is 58.8 Å². The Kier molecular flexibility index (Phi) is 8.08. The first kappa shape index (κ1) is 27.3. The minimum Gasteiger partial charge on any atom is -0.410 e. The molecule has 0 aliphatic rings. The Labute approximate surface area is 205 Å². The normalized spacial score (nSPS) is 14.4. The average Bonchev–Trinajstić information content (AvgIpc) is 2.63. The van der Waals surface area contributed by atoms with E-state index in [0.29, 0.717) is 0 Å². The van der Waals surface area contributed by atoms with Crippen molar-refractivity contribution in [2.45, 2.75) is 91.7 Å². The van der Waals surface area contributed by atoms with Crippen LogP contribution in [0.3, 0.4) is 0 Å². The summed E-state index contributed by atoms with van der Waals surface area (Å²) in [5.74, 6) is 0. The average molecular weight is 479 g/mol. The smallest absolute Gasteiger partial charge is 0.173 e. The number of hydrogen-bond donors (Lipinski definition) is 1.